The van der Waals surface area contributed by atoms with E-state index in [0.29, 0.717) is 6.61 Å². The second kappa shape index (κ2) is 11.8. The second-order valence-corrected chi connectivity index (χ2v) is 9.46. The van der Waals surface area contributed by atoms with E-state index in [1.54, 1.807) is 0 Å². The van der Waals surface area contributed by atoms with E-state index in [9.17, 15) is 0 Å². The number of hydrogen-bond acceptors (Lipinski definition) is 2. The lowest BCUT2D eigenvalue weighted by Gasteiger charge is -2.31. The van der Waals surface area contributed by atoms with Crippen LogP contribution in [0.3, 0.4) is 0 Å². The van der Waals surface area contributed by atoms with E-state index < -0.39 is 8.56 Å². The molecule has 2 nitrogen and oxygen atoms in total. The first-order valence-corrected chi connectivity index (χ1v) is 11.6. The molecule has 26 heavy (non-hydrogen) atoms. The Morgan fingerprint density at radius 2 is 1.35 bits per heavy atom. The Balaban J connectivity index is 2.24. The zero-order chi connectivity index (χ0) is 18.5. The summed E-state index contributed by atoms with van der Waals surface area (Å²) in [6, 6.07) is 21.0. The number of benzene rings is 2. The van der Waals surface area contributed by atoms with Gasteiger partial charge in [0.1, 0.15) is 0 Å². The van der Waals surface area contributed by atoms with Crippen LogP contribution in [0.15, 0.2) is 72.8 Å². The van der Waals surface area contributed by atoms with Crippen molar-refractivity contribution in [3.63, 3.8) is 0 Å². The van der Waals surface area contributed by atoms with Crippen LogP contribution >= 0.6 is 0 Å². The smallest absolute Gasteiger partial charge is 0.388 e. The molecule has 0 amide bonds. The first-order chi connectivity index (χ1) is 12.8. The van der Waals surface area contributed by atoms with E-state index in [0.717, 1.165) is 13.0 Å². The van der Waals surface area contributed by atoms with Gasteiger partial charge in [-0.2, -0.15) is 0 Å². The van der Waals surface area contributed by atoms with Gasteiger partial charge in [0.2, 0.25) is 0 Å². The van der Waals surface area contributed by atoms with Gasteiger partial charge >= 0.3 is 8.56 Å². The fourth-order valence-corrected chi connectivity index (χ4v) is 6.15. The molecule has 0 radical (unpaired) electrons. The Labute approximate surface area is 160 Å². The van der Waals surface area contributed by atoms with Crippen LogP contribution in [0, 0.1) is 0 Å². The lowest BCUT2D eigenvalue weighted by molar-refractivity contribution is 0.203. The predicted molar refractivity (Wildman–Crippen MR) is 113 cm³/mol. The number of hydrogen-bond donors (Lipinski definition) is 0. The fourth-order valence-electron chi connectivity index (χ4n) is 3.04. The van der Waals surface area contributed by atoms with E-state index in [1.165, 1.54) is 36.1 Å². The Morgan fingerprint density at radius 1 is 0.769 bits per heavy atom. The molecule has 0 N–H and O–H groups in total. The zero-order valence-electron chi connectivity index (χ0n) is 16.2. The maximum absolute atomic E-state index is 6.61. The Bertz CT molecular complexity index is 586. The quantitative estimate of drug-likeness (QED) is 0.304. The van der Waals surface area contributed by atoms with E-state index in [1.807, 2.05) is 25.1 Å². The SMILES string of the molecule is C/C=C/CO[Si](OCCCCCCC)(c1ccccc1)c1ccccc1. The van der Waals surface area contributed by atoms with Crippen molar-refractivity contribution in [3.05, 3.63) is 72.8 Å². The van der Waals surface area contributed by atoms with Crippen LogP contribution in [-0.2, 0) is 8.85 Å². The summed E-state index contributed by atoms with van der Waals surface area (Å²) >= 11 is 0. The highest BCUT2D eigenvalue weighted by molar-refractivity contribution is 6.92. The lowest BCUT2D eigenvalue weighted by Crippen LogP contribution is -2.63. The Morgan fingerprint density at radius 3 is 1.88 bits per heavy atom. The van der Waals surface area contributed by atoms with Gasteiger partial charge in [-0.05, 0) is 23.7 Å². The minimum atomic E-state index is -2.70. The molecule has 0 fully saturated rings. The van der Waals surface area contributed by atoms with E-state index in [2.05, 4.69) is 61.5 Å². The summed E-state index contributed by atoms with van der Waals surface area (Å²) in [4.78, 5) is 0. The standard InChI is InChI=1S/C23H32O2Si/c1-3-5-7-8-15-21-25-26(24-20-6-4-2,22-16-11-9-12-17-22)23-18-13-10-14-19-23/h4,6,9-14,16-19H,3,5,7-8,15,20-21H2,1-2H3/b6-4+. The van der Waals surface area contributed by atoms with Gasteiger partial charge < -0.3 is 8.85 Å². The van der Waals surface area contributed by atoms with Crippen LogP contribution in [0.4, 0.5) is 0 Å². The molecule has 0 atom stereocenters. The normalized spacial score (nSPS) is 11.9. The van der Waals surface area contributed by atoms with E-state index in [-0.39, 0.29) is 0 Å². The van der Waals surface area contributed by atoms with Gasteiger partial charge in [0.05, 0.1) is 6.61 Å². The van der Waals surface area contributed by atoms with E-state index >= 15 is 0 Å². The third-order valence-corrected chi connectivity index (χ3v) is 7.85. The zero-order valence-corrected chi connectivity index (χ0v) is 17.2. The van der Waals surface area contributed by atoms with Crippen molar-refractivity contribution < 1.29 is 8.85 Å². The average Bonchev–Trinajstić information content (AvgIpc) is 2.71. The number of allylic oxidation sites excluding steroid dienone is 1. The van der Waals surface area contributed by atoms with Gasteiger partial charge in [0.25, 0.3) is 0 Å². The monoisotopic (exact) mass is 368 g/mol. The third-order valence-electron chi connectivity index (χ3n) is 4.48. The summed E-state index contributed by atoms with van der Waals surface area (Å²) in [6.07, 6.45) is 10.2. The molecule has 0 aliphatic carbocycles. The fraction of sp³-hybridized carbons (Fsp3) is 0.391. The van der Waals surface area contributed by atoms with Gasteiger partial charge in [-0.3, -0.25) is 0 Å². The summed E-state index contributed by atoms with van der Waals surface area (Å²) in [7, 11) is -2.70. The highest BCUT2D eigenvalue weighted by atomic mass is 28.4. The molecule has 2 aromatic carbocycles. The van der Waals surface area contributed by atoms with Gasteiger partial charge in [-0.25, -0.2) is 0 Å². The van der Waals surface area contributed by atoms with Crippen molar-refractivity contribution in [2.24, 2.45) is 0 Å². The summed E-state index contributed by atoms with van der Waals surface area (Å²) in [5.41, 5.74) is 0. The maximum atomic E-state index is 6.61. The van der Waals surface area contributed by atoms with Crippen molar-refractivity contribution >= 4 is 18.9 Å². The van der Waals surface area contributed by atoms with Crippen LogP contribution < -0.4 is 10.4 Å². The highest BCUT2D eigenvalue weighted by Gasteiger charge is 2.42. The first-order valence-electron chi connectivity index (χ1n) is 9.83. The van der Waals surface area contributed by atoms with Crippen LogP contribution in [0.25, 0.3) is 0 Å². The van der Waals surface area contributed by atoms with Gasteiger partial charge in [-0.15, -0.1) is 0 Å². The van der Waals surface area contributed by atoms with Gasteiger partial charge in [0, 0.05) is 6.61 Å². The van der Waals surface area contributed by atoms with Crippen LogP contribution in [0.5, 0.6) is 0 Å². The molecule has 0 heterocycles. The van der Waals surface area contributed by atoms with Gasteiger partial charge in [0.15, 0.2) is 0 Å². The number of unbranched alkanes of at least 4 members (excludes halogenated alkanes) is 4. The molecule has 0 aliphatic rings. The lowest BCUT2D eigenvalue weighted by atomic mass is 10.2. The number of rotatable bonds is 12. The molecule has 0 spiro atoms. The molecule has 0 aromatic heterocycles. The minimum absolute atomic E-state index is 0.572. The first kappa shape index (κ1) is 20.6. The molecule has 0 saturated heterocycles. The largest absolute Gasteiger partial charge is 0.407 e. The van der Waals surface area contributed by atoms with Crippen LogP contribution in [0.1, 0.15) is 46.0 Å². The molecular weight excluding hydrogens is 336 g/mol. The molecule has 2 rings (SSSR count). The van der Waals surface area contributed by atoms with Gasteiger partial charge in [-0.1, -0.05) is 105 Å². The average molecular weight is 369 g/mol. The van der Waals surface area contributed by atoms with Crippen molar-refractivity contribution in [1.29, 1.82) is 0 Å². The van der Waals surface area contributed by atoms with Crippen LogP contribution in [0.2, 0.25) is 0 Å². The molecular formula is C23H32O2Si. The van der Waals surface area contributed by atoms with Crippen molar-refractivity contribution in [1.82, 2.24) is 0 Å². The van der Waals surface area contributed by atoms with E-state index in [4.69, 9.17) is 8.85 Å². The molecule has 140 valence electrons. The molecule has 0 saturated carbocycles. The molecule has 0 aliphatic heterocycles. The van der Waals surface area contributed by atoms with Crippen molar-refractivity contribution in [3.8, 4) is 0 Å². The topological polar surface area (TPSA) is 18.5 Å². The summed E-state index contributed by atoms with van der Waals surface area (Å²) in [6.45, 7) is 5.58. The Hall–Kier alpha value is -1.68. The predicted octanol–water partition coefficient (Wildman–Crippen LogP) is 4.82. The van der Waals surface area contributed by atoms with Crippen LogP contribution in [-0.4, -0.2) is 21.8 Å². The minimum Gasteiger partial charge on any atom is -0.388 e. The Kier molecular flexibility index (Phi) is 9.39. The molecule has 0 bridgehead atoms. The summed E-state index contributed by atoms with van der Waals surface area (Å²) in [5.74, 6) is 0. The maximum Gasteiger partial charge on any atom is 0.407 e. The third kappa shape index (κ3) is 5.94. The second-order valence-electron chi connectivity index (χ2n) is 6.49. The highest BCUT2D eigenvalue weighted by Crippen LogP contribution is 2.12. The molecule has 3 heteroatoms. The summed E-state index contributed by atoms with van der Waals surface area (Å²) in [5, 5.41) is 2.34. The van der Waals surface area contributed by atoms with Crippen molar-refractivity contribution in [2.75, 3.05) is 13.2 Å². The van der Waals surface area contributed by atoms with Crippen molar-refractivity contribution in [2.45, 2.75) is 46.0 Å². The molecule has 0 unspecified atom stereocenters. The summed E-state index contributed by atoms with van der Waals surface area (Å²) < 4.78 is 13.1. The molecule has 2 aromatic rings.